The molecule has 0 saturated heterocycles. The van der Waals surface area contributed by atoms with E-state index in [-0.39, 0.29) is 31.1 Å². The van der Waals surface area contributed by atoms with E-state index in [0.717, 1.165) is 0 Å². The first-order chi connectivity index (χ1) is 11.8. The molecule has 0 bridgehead atoms. The number of esters is 1. The average Bonchev–Trinajstić information content (AvgIpc) is 2.88. The number of halogens is 2. The Kier molecular flexibility index (Phi) is 5.97. The lowest BCUT2D eigenvalue weighted by Gasteiger charge is -2.13. The molecule has 1 atom stereocenters. The number of methoxy groups -OCH3 is 2. The van der Waals surface area contributed by atoms with Crippen molar-refractivity contribution in [1.82, 2.24) is 5.32 Å². The number of carbonyl (C=O) groups excluding carboxylic acids is 2. The molecule has 0 radical (unpaired) electrons. The Morgan fingerprint density at radius 2 is 1.96 bits per heavy atom. The van der Waals surface area contributed by atoms with Gasteiger partial charge in [-0.25, -0.2) is 9.59 Å². The summed E-state index contributed by atoms with van der Waals surface area (Å²) in [4.78, 5) is 22.8. The quantitative estimate of drug-likeness (QED) is 0.735. The van der Waals surface area contributed by atoms with Gasteiger partial charge in [0.05, 0.1) is 20.3 Å². The first kappa shape index (κ1) is 18.7. The normalized spacial score (nSPS) is 15.4. The SMILES string of the molecule is COC(=O)C(CNC(=O)OCCc1ccc2c(c1)OC(F)(F)O2)OC. The highest BCUT2D eigenvalue weighted by atomic mass is 19.3. The third-order valence-corrected chi connectivity index (χ3v) is 3.27. The van der Waals surface area contributed by atoms with Gasteiger partial charge in [0.25, 0.3) is 0 Å². The standard InChI is InChI=1S/C15H17F2NO7/c1-21-12(13(19)22-2)8-18-14(20)23-6-5-9-3-4-10-11(7-9)25-15(16,17)24-10/h3-4,7,12H,5-6,8H2,1-2H3,(H,18,20). The second-order valence-corrected chi connectivity index (χ2v) is 4.96. The van der Waals surface area contributed by atoms with Crippen molar-refractivity contribution in [2.45, 2.75) is 18.8 Å². The van der Waals surface area contributed by atoms with Crippen LogP contribution in [0.4, 0.5) is 13.6 Å². The molecule has 0 spiro atoms. The zero-order valence-corrected chi connectivity index (χ0v) is 13.5. The van der Waals surface area contributed by atoms with Crippen molar-refractivity contribution in [3.05, 3.63) is 23.8 Å². The van der Waals surface area contributed by atoms with E-state index in [1.165, 1.54) is 26.4 Å². The van der Waals surface area contributed by atoms with Gasteiger partial charge in [-0.15, -0.1) is 8.78 Å². The van der Waals surface area contributed by atoms with Crippen LogP contribution in [-0.2, 0) is 25.4 Å². The molecule has 8 nitrogen and oxygen atoms in total. The molecule has 0 fully saturated rings. The Balaban J connectivity index is 1.74. The lowest BCUT2D eigenvalue weighted by molar-refractivity contribution is -0.286. The van der Waals surface area contributed by atoms with Crippen LogP contribution in [0.5, 0.6) is 11.5 Å². The average molecular weight is 361 g/mol. The molecule has 0 saturated carbocycles. The maximum atomic E-state index is 12.9. The highest BCUT2D eigenvalue weighted by Gasteiger charge is 2.43. The number of hydrogen-bond donors (Lipinski definition) is 1. The van der Waals surface area contributed by atoms with Crippen molar-refractivity contribution in [2.24, 2.45) is 0 Å². The minimum atomic E-state index is -3.67. The van der Waals surface area contributed by atoms with E-state index in [9.17, 15) is 18.4 Å². The molecule has 1 amide bonds. The van der Waals surface area contributed by atoms with Crippen LogP contribution in [0.3, 0.4) is 0 Å². The lowest BCUT2D eigenvalue weighted by atomic mass is 10.1. The third kappa shape index (κ3) is 5.18. The van der Waals surface area contributed by atoms with Crippen molar-refractivity contribution < 1.29 is 42.1 Å². The van der Waals surface area contributed by atoms with Gasteiger partial charge in [-0.3, -0.25) is 0 Å². The van der Waals surface area contributed by atoms with Gasteiger partial charge in [-0.1, -0.05) is 6.07 Å². The topological polar surface area (TPSA) is 92.3 Å². The molecule has 1 unspecified atom stereocenters. The van der Waals surface area contributed by atoms with Crippen molar-refractivity contribution in [2.75, 3.05) is 27.4 Å². The van der Waals surface area contributed by atoms with Gasteiger partial charge >= 0.3 is 18.4 Å². The summed E-state index contributed by atoms with van der Waals surface area (Å²) in [6.45, 7) is -0.112. The number of carbonyl (C=O) groups is 2. The minimum Gasteiger partial charge on any atom is -0.467 e. The van der Waals surface area contributed by atoms with E-state index < -0.39 is 24.5 Å². The number of benzene rings is 1. The number of ether oxygens (including phenoxy) is 5. The molecule has 1 heterocycles. The first-order valence-electron chi connectivity index (χ1n) is 7.24. The molecule has 1 aromatic rings. The summed E-state index contributed by atoms with van der Waals surface area (Å²) in [6, 6.07) is 4.30. The summed E-state index contributed by atoms with van der Waals surface area (Å²) in [5.74, 6) is -0.756. The van der Waals surface area contributed by atoms with Crippen LogP contribution in [0.25, 0.3) is 0 Å². The Morgan fingerprint density at radius 3 is 2.64 bits per heavy atom. The number of nitrogens with one attached hydrogen (secondary N) is 1. The number of rotatable bonds is 7. The van der Waals surface area contributed by atoms with E-state index in [1.807, 2.05) is 0 Å². The van der Waals surface area contributed by atoms with Gasteiger partial charge in [0, 0.05) is 13.5 Å². The van der Waals surface area contributed by atoms with Crippen LogP contribution in [0.15, 0.2) is 18.2 Å². The summed E-state index contributed by atoms with van der Waals surface area (Å²) >= 11 is 0. The summed E-state index contributed by atoms with van der Waals surface area (Å²) < 4.78 is 48.8. The Labute approximate surface area is 141 Å². The molecule has 10 heteroatoms. The predicted octanol–water partition coefficient (Wildman–Crippen LogP) is 1.46. The monoisotopic (exact) mass is 361 g/mol. The van der Waals surface area contributed by atoms with Crippen molar-refractivity contribution in [3.8, 4) is 11.5 Å². The Bertz CT molecular complexity index is 638. The highest BCUT2D eigenvalue weighted by molar-refractivity contribution is 5.76. The maximum absolute atomic E-state index is 12.9. The second kappa shape index (κ2) is 7.97. The van der Waals surface area contributed by atoms with E-state index in [4.69, 9.17) is 9.47 Å². The molecule has 1 N–H and O–H groups in total. The van der Waals surface area contributed by atoms with Gasteiger partial charge in [0.2, 0.25) is 0 Å². The lowest BCUT2D eigenvalue weighted by Crippen LogP contribution is -2.38. The van der Waals surface area contributed by atoms with Crippen molar-refractivity contribution in [3.63, 3.8) is 0 Å². The zero-order valence-electron chi connectivity index (χ0n) is 13.5. The molecule has 1 aliphatic rings. The number of hydrogen-bond acceptors (Lipinski definition) is 7. The summed E-state index contributed by atoms with van der Waals surface area (Å²) in [5, 5.41) is 2.36. The first-order valence-corrected chi connectivity index (χ1v) is 7.24. The Morgan fingerprint density at radius 1 is 1.24 bits per heavy atom. The van der Waals surface area contributed by atoms with Gasteiger partial charge in [0.1, 0.15) is 0 Å². The number of fused-ring (bicyclic) bond motifs is 1. The highest BCUT2D eigenvalue weighted by Crippen LogP contribution is 2.41. The van der Waals surface area contributed by atoms with E-state index in [0.29, 0.717) is 5.56 Å². The summed E-state index contributed by atoms with van der Waals surface area (Å²) in [7, 11) is 2.51. The minimum absolute atomic E-state index is 0.00224. The molecule has 138 valence electrons. The van der Waals surface area contributed by atoms with E-state index in [1.54, 1.807) is 6.07 Å². The van der Waals surface area contributed by atoms with E-state index >= 15 is 0 Å². The molecule has 0 aliphatic carbocycles. The third-order valence-electron chi connectivity index (χ3n) is 3.27. The molecule has 25 heavy (non-hydrogen) atoms. The molecular weight excluding hydrogens is 344 g/mol. The summed E-state index contributed by atoms with van der Waals surface area (Å²) in [5.41, 5.74) is 0.622. The number of alkyl halides is 2. The van der Waals surface area contributed by atoms with Crippen LogP contribution in [0.1, 0.15) is 5.56 Å². The Hall–Kier alpha value is -2.62. The van der Waals surface area contributed by atoms with Crippen molar-refractivity contribution >= 4 is 12.1 Å². The fourth-order valence-corrected chi connectivity index (χ4v) is 2.03. The van der Waals surface area contributed by atoms with E-state index in [2.05, 4.69) is 19.5 Å². The van der Waals surface area contributed by atoms with Gasteiger partial charge < -0.3 is 29.0 Å². The molecule has 1 aliphatic heterocycles. The zero-order chi connectivity index (χ0) is 18.4. The molecule has 1 aromatic carbocycles. The van der Waals surface area contributed by atoms with Crippen LogP contribution in [0, 0.1) is 0 Å². The smallest absolute Gasteiger partial charge is 0.467 e. The van der Waals surface area contributed by atoms with Crippen LogP contribution in [0.2, 0.25) is 0 Å². The number of alkyl carbamates (subject to hydrolysis) is 1. The van der Waals surface area contributed by atoms with Gasteiger partial charge in [-0.05, 0) is 17.7 Å². The maximum Gasteiger partial charge on any atom is 0.586 e. The fourth-order valence-electron chi connectivity index (χ4n) is 2.03. The number of amides is 1. The predicted molar refractivity (Wildman–Crippen MR) is 78.5 cm³/mol. The van der Waals surface area contributed by atoms with Gasteiger partial charge in [-0.2, -0.15) is 0 Å². The van der Waals surface area contributed by atoms with Crippen LogP contribution in [-0.4, -0.2) is 51.8 Å². The van der Waals surface area contributed by atoms with Crippen LogP contribution < -0.4 is 14.8 Å². The van der Waals surface area contributed by atoms with Crippen molar-refractivity contribution in [1.29, 1.82) is 0 Å². The fraction of sp³-hybridized carbons (Fsp3) is 0.467. The molecule has 0 aromatic heterocycles. The molecule has 2 rings (SSSR count). The largest absolute Gasteiger partial charge is 0.586 e. The summed E-state index contributed by atoms with van der Waals surface area (Å²) in [6.07, 6.45) is -5.08. The second-order valence-electron chi connectivity index (χ2n) is 4.96. The molecular formula is C15H17F2NO7. The van der Waals surface area contributed by atoms with Gasteiger partial charge in [0.15, 0.2) is 17.6 Å². The van der Waals surface area contributed by atoms with Crippen LogP contribution >= 0.6 is 0 Å².